The van der Waals surface area contributed by atoms with Gasteiger partial charge >= 0.3 is 6.18 Å². The van der Waals surface area contributed by atoms with Gasteiger partial charge < -0.3 is 10.3 Å². The Labute approximate surface area is 102 Å². The Morgan fingerprint density at radius 1 is 1.17 bits per heavy atom. The van der Waals surface area contributed by atoms with E-state index in [1.165, 1.54) is 12.1 Å². The van der Waals surface area contributed by atoms with E-state index in [9.17, 15) is 13.2 Å². The number of aromatic amines is 1. The summed E-state index contributed by atoms with van der Waals surface area (Å²) in [7, 11) is 0. The van der Waals surface area contributed by atoms with Crippen LogP contribution < -0.4 is 5.32 Å². The second-order valence-corrected chi connectivity index (χ2v) is 3.79. The Balaban J connectivity index is 1.87. The molecule has 0 unspecified atom stereocenters. The maximum Gasteiger partial charge on any atom is 0.416 e. The van der Waals surface area contributed by atoms with Crippen LogP contribution in [-0.2, 0) is 12.6 Å². The van der Waals surface area contributed by atoms with E-state index in [0.29, 0.717) is 18.7 Å². The van der Waals surface area contributed by atoms with Crippen molar-refractivity contribution in [2.24, 2.45) is 0 Å². The van der Waals surface area contributed by atoms with Gasteiger partial charge in [-0.25, -0.2) is 4.98 Å². The van der Waals surface area contributed by atoms with Crippen LogP contribution in [0.15, 0.2) is 36.7 Å². The fourth-order valence-corrected chi connectivity index (χ4v) is 1.54. The molecule has 0 aliphatic carbocycles. The van der Waals surface area contributed by atoms with Crippen molar-refractivity contribution in [3.63, 3.8) is 0 Å². The third-order valence-electron chi connectivity index (χ3n) is 2.46. The number of alkyl halides is 3. The summed E-state index contributed by atoms with van der Waals surface area (Å²) in [5.41, 5.74) is 0.0219. The van der Waals surface area contributed by atoms with Crippen LogP contribution in [0.1, 0.15) is 11.4 Å². The summed E-state index contributed by atoms with van der Waals surface area (Å²) < 4.78 is 37.0. The molecule has 0 spiro atoms. The van der Waals surface area contributed by atoms with E-state index in [2.05, 4.69) is 15.3 Å². The fraction of sp³-hybridized carbons (Fsp3) is 0.250. The minimum Gasteiger partial charge on any atom is -0.385 e. The number of hydrogen-bond donors (Lipinski definition) is 2. The van der Waals surface area contributed by atoms with E-state index in [0.717, 1.165) is 18.0 Å². The molecule has 0 saturated heterocycles. The van der Waals surface area contributed by atoms with E-state index in [1.807, 2.05) is 0 Å². The van der Waals surface area contributed by atoms with Crippen LogP contribution >= 0.6 is 0 Å². The molecular formula is C12H12F3N3. The van der Waals surface area contributed by atoms with E-state index < -0.39 is 11.7 Å². The SMILES string of the molecule is FC(F)(F)c1ccc(NCCc2ncc[nH]2)cc1. The quantitative estimate of drug-likeness (QED) is 0.881. The van der Waals surface area contributed by atoms with Gasteiger partial charge in [-0.15, -0.1) is 0 Å². The van der Waals surface area contributed by atoms with E-state index in [4.69, 9.17) is 0 Å². The van der Waals surface area contributed by atoms with Crippen LogP contribution in [0.3, 0.4) is 0 Å². The molecule has 6 heteroatoms. The Bertz CT molecular complexity index is 474. The van der Waals surface area contributed by atoms with Gasteiger partial charge in [0.05, 0.1) is 5.56 Å². The summed E-state index contributed by atoms with van der Waals surface area (Å²) in [5, 5.41) is 3.03. The molecule has 2 rings (SSSR count). The second kappa shape index (κ2) is 5.12. The minimum absolute atomic E-state index is 0.610. The van der Waals surface area contributed by atoms with Gasteiger partial charge in [-0.05, 0) is 24.3 Å². The van der Waals surface area contributed by atoms with Crippen molar-refractivity contribution in [3.05, 3.63) is 48.0 Å². The topological polar surface area (TPSA) is 40.7 Å². The Hall–Kier alpha value is -1.98. The maximum absolute atomic E-state index is 12.3. The lowest BCUT2D eigenvalue weighted by Crippen LogP contribution is -2.07. The molecule has 0 bridgehead atoms. The van der Waals surface area contributed by atoms with Crippen LogP contribution in [0.25, 0.3) is 0 Å². The van der Waals surface area contributed by atoms with Crippen molar-refractivity contribution in [2.75, 3.05) is 11.9 Å². The Morgan fingerprint density at radius 2 is 1.89 bits per heavy atom. The largest absolute Gasteiger partial charge is 0.416 e. The van der Waals surface area contributed by atoms with Crippen molar-refractivity contribution in [3.8, 4) is 0 Å². The number of benzene rings is 1. The summed E-state index contributed by atoms with van der Waals surface area (Å²) in [6.07, 6.45) is -0.207. The lowest BCUT2D eigenvalue weighted by molar-refractivity contribution is -0.137. The number of halogens is 3. The average molecular weight is 255 g/mol. The molecule has 0 fully saturated rings. The van der Waals surface area contributed by atoms with Crippen molar-refractivity contribution in [1.82, 2.24) is 9.97 Å². The van der Waals surface area contributed by atoms with E-state index in [-0.39, 0.29) is 0 Å². The Morgan fingerprint density at radius 3 is 2.44 bits per heavy atom. The number of aromatic nitrogens is 2. The van der Waals surface area contributed by atoms with E-state index >= 15 is 0 Å². The van der Waals surface area contributed by atoms with Crippen molar-refractivity contribution in [2.45, 2.75) is 12.6 Å². The zero-order chi connectivity index (χ0) is 13.0. The number of rotatable bonds is 4. The van der Waals surface area contributed by atoms with Gasteiger partial charge in [-0.1, -0.05) is 0 Å². The smallest absolute Gasteiger partial charge is 0.385 e. The average Bonchev–Trinajstić information content (AvgIpc) is 2.82. The van der Waals surface area contributed by atoms with Gasteiger partial charge in [0.2, 0.25) is 0 Å². The zero-order valence-electron chi connectivity index (χ0n) is 9.46. The number of imidazole rings is 1. The van der Waals surface area contributed by atoms with Crippen LogP contribution in [0.5, 0.6) is 0 Å². The van der Waals surface area contributed by atoms with Gasteiger partial charge in [-0.2, -0.15) is 13.2 Å². The summed E-state index contributed by atoms with van der Waals surface area (Å²) in [5.74, 6) is 0.842. The highest BCUT2D eigenvalue weighted by molar-refractivity contribution is 5.45. The molecular weight excluding hydrogens is 243 g/mol. The molecule has 0 atom stereocenters. The van der Waals surface area contributed by atoms with Gasteiger partial charge in [0.15, 0.2) is 0 Å². The molecule has 0 radical (unpaired) electrons. The van der Waals surface area contributed by atoms with Gasteiger partial charge in [-0.3, -0.25) is 0 Å². The van der Waals surface area contributed by atoms with Crippen LogP contribution in [0.2, 0.25) is 0 Å². The molecule has 18 heavy (non-hydrogen) atoms. The summed E-state index contributed by atoms with van der Waals surface area (Å²) in [4.78, 5) is 7.00. The summed E-state index contributed by atoms with van der Waals surface area (Å²) >= 11 is 0. The molecule has 0 aliphatic rings. The number of H-pyrrole nitrogens is 1. The highest BCUT2D eigenvalue weighted by Crippen LogP contribution is 2.29. The van der Waals surface area contributed by atoms with Crippen molar-refractivity contribution >= 4 is 5.69 Å². The number of hydrogen-bond acceptors (Lipinski definition) is 2. The van der Waals surface area contributed by atoms with Crippen molar-refractivity contribution in [1.29, 1.82) is 0 Å². The highest BCUT2D eigenvalue weighted by Gasteiger charge is 2.29. The van der Waals surface area contributed by atoms with Gasteiger partial charge in [0.25, 0.3) is 0 Å². The number of nitrogens with one attached hydrogen (secondary N) is 2. The summed E-state index contributed by atoms with van der Waals surface area (Å²) in [6.45, 7) is 0.610. The standard InChI is InChI=1S/C12H12F3N3/c13-12(14,15)9-1-3-10(4-2-9)16-6-5-11-17-7-8-18-11/h1-4,7-8,16H,5-6H2,(H,17,18). The monoisotopic (exact) mass is 255 g/mol. The number of anilines is 1. The fourth-order valence-electron chi connectivity index (χ4n) is 1.54. The Kier molecular flexibility index (Phi) is 3.55. The first kappa shape index (κ1) is 12.5. The second-order valence-electron chi connectivity index (χ2n) is 3.79. The molecule has 0 amide bonds. The first-order chi connectivity index (χ1) is 8.55. The first-order valence-electron chi connectivity index (χ1n) is 5.45. The zero-order valence-corrected chi connectivity index (χ0v) is 9.46. The third kappa shape index (κ3) is 3.26. The predicted molar refractivity (Wildman–Crippen MR) is 62.2 cm³/mol. The minimum atomic E-state index is -4.29. The molecule has 0 aliphatic heterocycles. The lowest BCUT2D eigenvalue weighted by Gasteiger charge is -2.09. The molecule has 0 saturated carbocycles. The highest BCUT2D eigenvalue weighted by atomic mass is 19.4. The molecule has 2 N–H and O–H groups in total. The lowest BCUT2D eigenvalue weighted by atomic mass is 10.2. The van der Waals surface area contributed by atoms with Crippen LogP contribution in [0.4, 0.5) is 18.9 Å². The summed E-state index contributed by atoms with van der Waals surface area (Å²) in [6, 6.07) is 4.97. The molecule has 1 aromatic carbocycles. The normalized spacial score (nSPS) is 11.5. The van der Waals surface area contributed by atoms with Crippen molar-refractivity contribution < 1.29 is 13.2 Å². The van der Waals surface area contributed by atoms with Crippen LogP contribution in [-0.4, -0.2) is 16.5 Å². The predicted octanol–water partition coefficient (Wildman–Crippen LogP) is 3.08. The molecule has 2 aromatic rings. The van der Waals surface area contributed by atoms with Crippen LogP contribution in [0, 0.1) is 0 Å². The maximum atomic E-state index is 12.3. The van der Waals surface area contributed by atoms with Gasteiger partial charge in [0, 0.05) is 31.0 Å². The third-order valence-corrected chi connectivity index (χ3v) is 2.46. The van der Waals surface area contributed by atoms with E-state index in [1.54, 1.807) is 12.4 Å². The molecule has 96 valence electrons. The molecule has 1 heterocycles. The molecule has 1 aromatic heterocycles. The van der Waals surface area contributed by atoms with Gasteiger partial charge in [0.1, 0.15) is 5.82 Å². The number of nitrogens with zero attached hydrogens (tertiary/aromatic N) is 1. The first-order valence-corrected chi connectivity index (χ1v) is 5.45. The molecule has 3 nitrogen and oxygen atoms in total.